The average Bonchev–Trinajstić information content (AvgIpc) is 3.12. The summed E-state index contributed by atoms with van der Waals surface area (Å²) < 4.78 is 14.9. The second-order valence-electron chi connectivity index (χ2n) is 3.22. The molecule has 0 saturated heterocycles. The van der Waals surface area contributed by atoms with Gasteiger partial charge in [0.15, 0.2) is 5.76 Å². The van der Waals surface area contributed by atoms with Crippen LogP contribution in [0.15, 0.2) is 44.0 Å². The number of carbonyl (C=O) groups is 1. The molecule has 3 aromatic heterocycles. The van der Waals surface area contributed by atoms with Crippen LogP contribution in [0.25, 0.3) is 11.7 Å². The van der Waals surface area contributed by atoms with E-state index in [2.05, 4.69) is 25.2 Å². The summed E-state index contributed by atoms with van der Waals surface area (Å²) in [4.78, 5) is 11.6. The van der Waals surface area contributed by atoms with E-state index in [9.17, 15) is 4.79 Å². The lowest BCUT2D eigenvalue weighted by atomic mass is 10.4. The van der Waals surface area contributed by atoms with Crippen LogP contribution in [-0.2, 0) is 0 Å². The van der Waals surface area contributed by atoms with Gasteiger partial charge in [0.1, 0.15) is 0 Å². The summed E-state index contributed by atoms with van der Waals surface area (Å²) in [6.45, 7) is 0. The van der Waals surface area contributed by atoms with Crippen LogP contribution in [0.3, 0.4) is 0 Å². The van der Waals surface area contributed by atoms with E-state index in [0.717, 1.165) is 0 Å². The summed E-state index contributed by atoms with van der Waals surface area (Å²) in [7, 11) is 0. The fourth-order valence-corrected chi connectivity index (χ4v) is 1.27. The highest BCUT2D eigenvalue weighted by Crippen LogP contribution is 2.20. The largest absolute Gasteiger partial charge is 0.459 e. The second kappa shape index (κ2) is 4.17. The van der Waals surface area contributed by atoms with E-state index in [1.807, 2.05) is 0 Å². The van der Waals surface area contributed by atoms with E-state index in [1.165, 1.54) is 18.5 Å². The highest BCUT2D eigenvalue weighted by atomic mass is 16.5. The number of hydrogen-bond acceptors (Lipinski definition) is 7. The summed E-state index contributed by atoms with van der Waals surface area (Å²) in [5, 5.41) is 13.2. The summed E-state index contributed by atoms with van der Waals surface area (Å²) >= 11 is 0. The zero-order chi connectivity index (χ0) is 12.4. The van der Waals surface area contributed by atoms with Crippen molar-refractivity contribution in [2.75, 3.05) is 5.32 Å². The Bertz CT molecular complexity index is 641. The molecule has 8 heteroatoms. The third-order valence-corrected chi connectivity index (χ3v) is 2.04. The van der Waals surface area contributed by atoms with Gasteiger partial charge < -0.3 is 13.4 Å². The highest BCUT2D eigenvalue weighted by Gasteiger charge is 2.15. The lowest BCUT2D eigenvalue weighted by Crippen LogP contribution is -2.11. The smallest absolute Gasteiger partial charge is 0.323 e. The van der Waals surface area contributed by atoms with Crippen LogP contribution >= 0.6 is 0 Å². The molecule has 3 heterocycles. The number of aromatic nitrogens is 3. The van der Waals surface area contributed by atoms with Crippen molar-refractivity contribution in [3.63, 3.8) is 0 Å². The summed E-state index contributed by atoms with van der Waals surface area (Å²) in [5.74, 6) is 0.116. The molecule has 1 amide bonds. The first-order valence-electron chi connectivity index (χ1n) is 4.92. The van der Waals surface area contributed by atoms with Gasteiger partial charge in [0, 0.05) is 6.07 Å². The molecule has 0 aliphatic carbocycles. The number of carbonyl (C=O) groups excluding carboxylic acids is 1. The molecule has 0 bridgehead atoms. The standard InChI is InChI=1S/C10H6N4O4/c15-8(6-3-4-11-18-6)12-10-14-13-9(17-10)7-2-1-5-16-7/h1-5H,(H,12,14,15). The molecular weight excluding hydrogens is 240 g/mol. The van der Waals surface area contributed by atoms with Crippen molar-refractivity contribution in [2.24, 2.45) is 0 Å². The van der Waals surface area contributed by atoms with Gasteiger partial charge in [-0.3, -0.25) is 10.1 Å². The minimum Gasteiger partial charge on any atom is -0.459 e. The van der Waals surface area contributed by atoms with E-state index >= 15 is 0 Å². The molecule has 1 N–H and O–H groups in total. The Balaban J connectivity index is 1.76. The van der Waals surface area contributed by atoms with Crippen LogP contribution < -0.4 is 5.32 Å². The first-order chi connectivity index (χ1) is 8.83. The molecule has 3 aromatic rings. The molecule has 8 nitrogen and oxygen atoms in total. The van der Waals surface area contributed by atoms with Crippen molar-refractivity contribution in [2.45, 2.75) is 0 Å². The van der Waals surface area contributed by atoms with Gasteiger partial charge in [0.2, 0.25) is 5.76 Å². The third-order valence-electron chi connectivity index (χ3n) is 2.04. The van der Waals surface area contributed by atoms with Crippen molar-refractivity contribution in [1.82, 2.24) is 15.4 Å². The monoisotopic (exact) mass is 246 g/mol. The molecular formula is C10H6N4O4. The van der Waals surface area contributed by atoms with Crippen LogP contribution in [0.1, 0.15) is 10.6 Å². The molecule has 0 saturated carbocycles. The van der Waals surface area contributed by atoms with Crippen molar-refractivity contribution in [1.29, 1.82) is 0 Å². The maximum absolute atomic E-state index is 11.6. The minimum absolute atomic E-state index is 0.0488. The van der Waals surface area contributed by atoms with Gasteiger partial charge >= 0.3 is 6.01 Å². The maximum atomic E-state index is 11.6. The minimum atomic E-state index is -0.526. The molecule has 0 atom stereocenters. The fourth-order valence-electron chi connectivity index (χ4n) is 1.27. The van der Waals surface area contributed by atoms with E-state index in [1.54, 1.807) is 12.1 Å². The number of rotatable bonds is 3. The number of hydrogen-bond donors (Lipinski definition) is 1. The molecule has 0 aromatic carbocycles. The van der Waals surface area contributed by atoms with Crippen LogP contribution in [-0.4, -0.2) is 21.3 Å². The highest BCUT2D eigenvalue weighted by molar-refractivity contribution is 6.00. The van der Waals surface area contributed by atoms with E-state index in [-0.39, 0.29) is 17.7 Å². The number of nitrogens with zero attached hydrogens (tertiary/aromatic N) is 3. The molecule has 0 radical (unpaired) electrons. The molecule has 0 fully saturated rings. The van der Waals surface area contributed by atoms with Crippen LogP contribution in [0, 0.1) is 0 Å². The van der Waals surface area contributed by atoms with Gasteiger partial charge in [-0.1, -0.05) is 10.3 Å². The SMILES string of the molecule is O=C(Nc1nnc(-c2ccco2)o1)c1ccno1. The molecule has 0 aliphatic rings. The Morgan fingerprint density at radius 1 is 1.28 bits per heavy atom. The van der Waals surface area contributed by atoms with Gasteiger partial charge in [0.25, 0.3) is 11.8 Å². The number of anilines is 1. The first-order valence-corrected chi connectivity index (χ1v) is 4.92. The topological polar surface area (TPSA) is 107 Å². The van der Waals surface area contributed by atoms with E-state index in [0.29, 0.717) is 5.76 Å². The second-order valence-corrected chi connectivity index (χ2v) is 3.22. The van der Waals surface area contributed by atoms with Crippen molar-refractivity contribution < 1.29 is 18.2 Å². The van der Waals surface area contributed by atoms with Crippen molar-refractivity contribution >= 4 is 11.9 Å². The Hall–Kier alpha value is -2.90. The lowest BCUT2D eigenvalue weighted by Gasteiger charge is -1.94. The van der Waals surface area contributed by atoms with Crippen LogP contribution in [0.5, 0.6) is 0 Å². The molecule has 3 rings (SSSR count). The Labute approximate surface area is 99.6 Å². The zero-order valence-electron chi connectivity index (χ0n) is 8.86. The quantitative estimate of drug-likeness (QED) is 0.747. The van der Waals surface area contributed by atoms with Crippen LogP contribution in [0.4, 0.5) is 6.01 Å². The van der Waals surface area contributed by atoms with Crippen molar-refractivity contribution in [3.05, 3.63) is 36.4 Å². The van der Waals surface area contributed by atoms with Gasteiger partial charge in [-0.05, 0) is 12.1 Å². The lowest BCUT2D eigenvalue weighted by molar-refractivity contribution is 0.0985. The Morgan fingerprint density at radius 2 is 2.22 bits per heavy atom. The third kappa shape index (κ3) is 1.86. The number of furan rings is 1. The van der Waals surface area contributed by atoms with Gasteiger partial charge in [-0.15, -0.1) is 5.10 Å². The van der Waals surface area contributed by atoms with Crippen molar-refractivity contribution in [3.8, 4) is 11.7 Å². The molecule has 0 aliphatic heterocycles. The summed E-state index contributed by atoms with van der Waals surface area (Å²) in [6.07, 6.45) is 2.84. The Kier molecular flexibility index (Phi) is 2.38. The summed E-state index contributed by atoms with van der Waals surface area (Å²) in [6, 6.07) is 4.71. The molecule has 0 spiro atoms. The predicted molar refractivity (Wildman–Crippen MR) is 56.5 cm³/mol. The average molecular weight is 246 g/mol. The van der Waals surface area contributed by atoms with E-state index in [4.69, 9.17) is 8.83 Å². The molecule has 0 unspecified atom stereocenters. The molecule has 18 heavy (non-hydrogen) atoms. The maximum Gasteiger partial charge on any atom is 0.323 e. The first kappa shape index (κ1) is 10.3. The van der Waals surface area contributed by atoms with Gasteiger partial charge in [0.05, 0.1) is 12.5 Å². The van der Waals surface area contributed by atoms with Gasteiger partial charge in [-0.25, -0.2) is 0 Å². The van der Waals surface area contributed by atoms with E-state index < -0.39 is 5.91 Å². The predicted octanol–water partition coefficient (Wildman–Crippen LogP) is 1.57. The fraction of sp³-hybridized carbons (Fsp3) is 0. The number of nitrogens with one attached hydrogen (secondary N) is 1. The summed E-state index contributed by atoms with van der Waals surface area (Å²) in [5.41, 5.74) is 0. The van der Waals surface area contributed by atoms with Crippen LogP contribution in [0.2, 0.25) is 0 Å². The normalized spacial score (nSPS) is 10.4. The molecule has 90 valence electrons. The zero-order valence-corrected chi connectivity index (χ0v) is 8.86. The van der Waals surface area contributed by atoms with Gasteiger partial charge in [-0.2, -0.15) is 0 Å². The number of amides is 1. The Morgan fingerprint density at radius 3 is 2.94 bits per heavy atom.